The number of carbonyl (C=O) groups excluding carboxylic acids is 1. The van der Waals surface area contributed by atoms with Gasteiger partial charge in [0.25, 0.3) is 0 Å². The second-order valence-electron chi connectivity index (χ2n) is 5.21. The van der Waals surface area contributed by atoms with Crippen LogP contribution in [0.2, 0.25) is 0 Å². The van der Waals surface area contributed by atoms with Crippen LogP contribution < -0.4 is 10.7 Å². The highest BCUT2D eigenvalue weighted by atomic mass is 16.2. The Morgan fingerprint density at radius 3 is 2.75 bits per heavy atom. The van der Waals surface area contributed by atoms with E-state index in [-0.39, 0.29) is 17.4 Å². The fourth-order valence-electron chi connectivity index (χ4n) is 2.58. The van der Waals surface area contributed by atoms with Crippen molar-refractivity contribution in [1.29, 1.82) is 0 Å². The third-order valence-corrected chi connectivity index (χ3v) is 3.68. The fourth-order valence-corrected chi connectivity index (χ4v) is 2.58. The van der Waals surface area contributed by atoms with Crippen LogP contribution in [0.15, 0.2) is 29.3 Å². The van der Waals surface area contributed by atoms with Gasteiger partial charge in [0.15, 0.2) is 5.43 Å². The van der Waals surface area contributed by atoms with Crippen molar-refractivity contribution in [1.82, 2.24) is 14.8 Å². The number of hydrogen-bond acceptors (Lipinski definition) is 3. The number of hydrogen-bond donors (Lipinski definition) is 1. The molecule has 1 aliphatic rings. The van der Waals surface area contributed by atoms with Crippen molar-refractivity contribution < 1.29 is 4.79 Å². The molecule has 0 aromatic carbocycles. The van der Waals surface area contributed by atoms with Gasteiger partial charge in [0.05, 0.1) is 0 Å². The first-order chi connectivity index (χ1) is 9.72. The van der Waals surface area contributed by atoms with Crippen LogP contribution >= 0.6 is 0 Å². The lowest BCUT2D eigenvalue weighted by Crippen LogP contribution is -2.39. The topological polar surface area (TPSA) is 54.3 Å². The Morgan fingerprint density at radius 1 is 1.30 bits per heavy atom. The summed E-state index contributed by atoms with van der Waals surface area (Å²) < 4.78 is 1.87. The molecule has 2 heterocycles. The summed E-state index contributed by atoms with van der Waals surface area (Å²) in [5.74, 6) is 0.166. The van der Waals surface area contributed by atoms with Gasteiger partial charge in [0.2, 0.25) is 5.91 Å². The predicted octanol–water partition coefficient (Wildman–Crippen LogP) is 1.01. The summed E-state index contributed by atoms with van der Waals surface area (Å²) in [5.41, 5.74) is -0.0251. The van der Waals surface area contributed by atoms with E-state index in [1.807, 2.05) is 9.47 Å². The number of nitrogens with zero attached hydrogens (tertiary/aromatic N) is 2. The Balaban J connectivity index is 2.16. The van der Waals surface area contributed by atoms with Crippen LogP contribution in [0.25, 0.3) is 0 Å². The van der Waals surface area contributed by atoms with Gasteiger partial charge in [0.1, 0.15) is 6.04 Å². The summed E-state index contributed by atoms with van der Waals surface area (Å²) >= 11 is 0. The molecule has 1 N–H and O–H groups in total. The Bertz CT molecular complexity index is 470. The summed E-state index contributed by atoms with van der Waals surface area (Å²) in [7, 11) is 0. The molecule has 1 aromatic heterocycles. The Labute approximate surface area is 119 Å². The normalized spacial score (nSPS) is 17.6. The highest BCUT2D eigenvalue weighted by Gasteiger charge is 2.24. The van der Waals surface area contributed by atoms with Gasteiger partial charge in [-0.1, -0.05) is 13.3 Å². The monoisotopic (exact) mass is 277 g/mol. The molecule has 1 aromatic rings. The standard InChI is InChI=1S/C15H23N3O2/c1-2-4-14(17-10-5-13(19)6-11-17)15(20)18-9-3-7-16-8-12-18/h5-6,10-11,14,16H,2-4,7-9,12H2,1H3. The zero-order valence-electron chi connectivity index (χ0n) is 12.0. The minimum Gasteiger partial charge on any atom is -0.342 e. The van der Waals surface area contributed by atoms with E-state index in [0.717, 1.165) is 45.4 Å². The van der Waals surface area contributed by atoms with E-state index in [1.54, 1.807) is 12.4 Å². The van der Waals surface area contributed by atoms with Crippen molar-refractivity contribution in [3.05, 3.63) is 34.7 Å². The van der Waals surface area contributed by atoms with Crippen LogP contribution in [-0.4, -0.2) is 41.6 Å². The molecule has 0 spiro atoms. The number of rotatable bonds is 4. The molecule has 20 heavy (non-hydrogen) atoms. The van der Waals surface area contributed by atoms with Gasteiger partial charge in [-0.2, -0.15) is 0 Å². The van der Waals surface area contributed by atoms with E-state index in [4.69, 9.17) is 0 Å². The Hall–Kier alpha value is -1.62. The minimum atomic E-state index is -0.196. The molecule has 1 unspecified atom stereocenters. The smallest absolute Gasteiger partial charge is 0.245 e. The predicted molar refractivity (Wildman–Crippen MR) is 78.7 cm³/mol. The van der Waals surface area contributed by atoms with Crippen molar-refractivity contribution in [2.75, 3.05) is 26.2 Å². The maximum Gasteiger partial charge on any atom is 0.245 e. The number of amides is 1. The third-order valence-electron chi connectivity index (χ3n) is 3.68. The number of carbonyl (C=O) groups is 1. The zero-order valence-corrected chi connectivity index (χ0v) is 12.0. The molecule has 0 radical (unpaired) electrons. The molecule has 1 saturated heterocycles. The van der Waals surface area contributed by atoms with E-state index >= 15 is 0 Å². The van der Waals surface area contributed by atoms with Gasteiger partial charge in [0, 0.05) is 44.2 Å². The third kappa shape index (κ3) is 3.70. The maximum atomic E-state index is 12.7. The van der Waals surface area contributed by atoms with Crippen LogP contribution in [0.3, 0.4) is 0 Å². The summed E-state index contributed by atoms with van der Waals surface area (Å²) in [6, 6.07) is 2.83. The Morgan fingerprint density at radius 2 is 2.05 bits per heavy atom. The van der Waals surface area contributed by atoms with Crippen LogP contribution in [0.4, 0.5) is 0 Å². The maximum absolute atomic E-state index is 12.7. The molecule has 5 heteroatoms. The average molecular weight is 277 g/mol. The quantitative estimate of drug-likeness (QED) is 0.893. The summed E-state index contributed by atoms with van der Waals surface area (Å²) in [5, 5.41) is 3.31. The zero-order chi connectivity index (χ0) is 14.4. The Kier molecular flexibility index (Phi) is 5.35. The van der Waals surface area contributed by atoms with E-state index in [1.165, 1.54) is 12.1 Å². The first-order valence-electron chi connectivity index (χ1n) is 7.39. The van der Waals surface area contributed by atoms with Crippen LogP contribution in [0, 0.1) is 0 Å². The van der Waals surface area contributed by atoms with E-state index in [0.29, 0.717) is 0 Å². The van der Waals surface area contributed by atoms with Crippen LogP contribution in [0.1, 0.15) is 32.2 Å². The van der Waals surface area contributed by atoms with Gasteiger partial charge in [-0.05, 0) is 19.4 Å². The molecule has 1 aliphatic heterocycles. The SMILES string of the molecule is CCCC(C(=O)N1CCCNCC1)n1ccc(=O)cc1. The highest BCUT2D eigenvalue weighted by molar-refractivity contribution is 5.80. The second kappa shape index (κ2) is 7.24. The van der Waals surface area contributed by atoms with E-state index in [9.17, 15) is 9.59 Å². The fraction of sp³-hybridized carbons (Fsp3) is 0.600. The molecule has 0 aliphatic carbocycles. The van der Waals surface area contributed by atoms with Crippen LogP contribution in [0.5, 0.6) is 0 Å². The van der Waals surface area contributed by atoms with Crippen LogP contribution in [-0.2, 0) is 4.79 Å². The molecule has 0 bridgehead atoms. The average Bonchev–Trinajstić information content (AvgIpc) is 2.74. The van der Waals surface area contributed by atoms with Crippen molar-refractivity contribution in [3.8, 4) is 0 Å². The summed E-state index contributed by atoms with van der Waals surface area (Å²) in [6.07, 6.45) is 6.17. The van der Waals surface area contributed by atoms with Crippen molar-refractivity contribution >= 4 is 5.91 Å². The molecule has 1 amide bonds. The van der Waals surface area contributed by atoms with E-state index < -0.39 is 0 Å². The van der Waals surface area contributed by atoms with Gasteiger partial charge in [-0.3, -0.25) is 9.59 Å². The van der Waals surface area contributed by atoms with Crippen molar-refractivity contribution in [3.63, 3.8) is 0 Å². The van der Waals surface area contributed by atoms with Gasteiger partial charge in [-0.25, -0.2) is 0 Å². The molecule has 1 fully saturated rings. The first-order valence-corrected chi connectivity index (χ1v) is 7.39. The van der Waals surface area contributed by atoms with Gasteiger partial charge >= 0.3 is 0 Å². The minimum absolute atomic E-state index is 0.0251. The molecule has 5 nitrogen and oxygen atoms in total. The van der Waals surface area contributed by atoms with Gasteiger partial charge in [-0.15, -0.1) is 0 Å². The summed E-state index contributed by atoms with van der Waals surface area (Å²) in [4.78, 5) is 25.9. The second-order valence-corrected chi connectivity index (χ2v) is 5.21. The van der Waals surface area contributed by atoms with E-state index in [2.05, 4.69) is 12.2 Å². The molecular weight excluding hydrogens is 254 g/mol. The molecule has 2 rings (SSSR count). The van der Waals surface area contributed by atoms with Crippen molar-refractivity contribution in [2.24, 2.45) is 0 Å². The first kappa shape index (κ1) is 14.8. The lowest BCUT2D eigenvalue weighted by atomic mass is 10.1. The largest absolute Gasteiger partial charge is 0.342 e. The number of pyridine rings is 1. The number of aromatic nitrogens is 1. The molecule has 0 saturated carbocycles. The lowest BCUT2D eigenvalue weighted by molar-refractivity contribution is -0.134. The van der Waals surface area contributed by atoms with Gasteiger partial charge < -0.3 is 14.8 Å². The summed E-state index contributed by atoms with van der Waals surface area (Å²) in [6.45, 7) is 5.48. The highest BCUT2D eigenvalue weighted by Crippen LogP contribution is 2.17. The van der Waals surface area contributed by atoms with Crippen molar-refractivity contribution in [2.45, 2.75) is 32.2 Å². The molecule has 110 valence electrons. The molecule has 1 atom stereocenters. The lowest BCUT2D eigenvalue weighted by Gasteiger charge is -2.27. The number of nitrogens with one attached hydrogen (secondary N) is 1. The molecular formula is C15H23N3O2.